The van der Waals surface area contributed by atoms with E-state index in [2.05, 4.69) is 17.2 Å². The molecule has 0 saturated carbocycles. The Kier molecular flexibility index (Phi) is 8.83. The van der Waals surface area contributed by atoms with Crippen LogP contribution in [-0.4, -0.2) is 38.8 Å². The van der Waals surface area contributed by atoms with Crippen LogP contribution in [0.1, 0.15) is 36.5 Å². The van der Waals surface area contributed by atoms with Gasteiger partial charge in [-0.05, 0) is 24.6 Å². The van der Waals surface area contributed by atoms with Crippen LogP contribution in [0.4, 0.5) is 4.39 Å². The van der Waals surface area contributed by atoms with Crippen molar-refractivity contribution in [1.29, 1.82) is 0 Å². The van der Waals surface area contributed by atoms with Crippen molar-refractivity contribution < 1.29 is 18.7 Å². The summed E-state index contributed by atoms with van der Waals surface area (Å²) in [5.41, 5.74) is 0.219. The quantitative estimate of drug-likeness (QED) is 0.456. The second-order valence-corrected chi connectivity index (χ2v) is 4.70. The number of benzene rings is 1. The Hall–Kier alpha value is -1.95. The summed E-state index contributed by atoms with van der Waals surface area (Å²) in [7, 11) is 1.56. The SMILES string of the molecule is CCCCCN=C(NC(=O)c1cccc(F)c1)OCCOC. The molecular formula is C16H23FN2O3. The zero-order valence-electron chi connectivity index (χ0n) is 13.1. The molecule has 0 radical (unpaired) electrons. The second-order valence-electron chi connectivity index (χ2n) is 4.70. The molecule has 0 fully saturated rings. The molecule has 0 saturated heterocycles. The van der Waals surface area contributed by atoms with E-state index in [0.717, 1.165) is 19.3 Å². The van der Waals surface area contributed by atoms with Crippen molar-refractivity contribution in [3.05, 3.63) is 35.6 Å². The standard InChI is InChI=1S/C16H23FN2O3/c1-3-4-5-9-18-16(22-11-10-21-2)19-15(20)13-7-6-8-14(17)12-13/h6-8,12H,3-5,9-11H2,1-2H3,(H,18,19,20). The molecule has 0 aliphatic heterocycles. The Labute approximate surface area is 130 Å². The Balaban J connectivity index is 2.63. The van der Waals surface area contributed by atoms with E-state index in [1.165, 1.54) is 24.3 Å². The van der Waals surface area contributed by atoms with E-state index in [1.54, 1.807) is 7.11 Å². The van der Waals surface area contributed by atoms with Crippen LogP contribution in [-0.2, 0) is 9.47 Å². The van der Waals surface area contributed by atoms with Crippen LogP contribution in [0.15, 0.2) is 29.3 Å². The highest BCUT2D eigenvalue weighted by atomic mass is 19.1. The number of amidine groups is 1. The van der Waals surface area contributed by atoms with Crippen molar-refractivity contribution >= 4 is 11.9 Å². The summed E-state index contributed by atoms with van der Waals surface area (Å²) in [6, 6.07) is 5.60. The first-order valence-corrected chi connectivity index (χ1v) is 7.40. The lowest BCUT2D eigenvalue weighted by Crippen LogP contribution is -2.33. The fourth-order valence-electron chi connectivity index (χ4n) is 1.68. The predicted octanol–water partition coefficient (Wildman–Crippen LogP) is 2.76. The van der Waals surface area contributed by atoms with E-state index >= 15 is 0 Å². The van der Waals surface area contributed by atoms with Gasteiger partial charge in [0.05, 0.1) is 6.61 Å². The van der Waals surface area contributed by atoms with Crippen molar-refractivity contribution in [2.24, 2.45) is 4.99 Å². The Morgan fingerprint density at radius 2 is 2.14 bits per heavy atom. The summed E-state index contributed by atoms with van der Waals surface area (Å²) in [6.45, 7) is 3.35. The molecule has 1 aromatic rings. The van der Waals surface area contributed by atoms with Gasteiger partial charge in [0, 0.05) is 19.2 Å². The third kappa shape index (κ3) is 7.17. The van der Waals surface area contributed by atoms with Crippen molar-refractivity contribution in [3.63, 3.8) is 0 Å². The van der Waals surface area contributed by atoms with Gasteiger partial charge in [0.15, 0.2) is 0 Å². The number of nitrogens with zero attached hydrogens (tertiary/aromatic N) is 1. The molecule has 1 rings (SSSR count). The summed E-state index contributed by atoms with van der Waals surface area (Å²) in [5.74, 6) is -0.916. The molecule has 0 aliphatic carbocycles. The van der Waals surface area contributed by atoms with Crippen molar-refractivity contribution in [2.45, 2.75) is 26.2 Å². The molecule has 122 valence electrons. The molecular weight excluding hydrogens is 287 g/mol. The van der Waals surface area contributed by atoms with Gasteiger partial charge >= 0.3 is 0 Å². The molecule has 0 atom stereocenters. The molecule has 0 unspecified atom stereocenters. The van der Waals surface area contributed by atoms with Gasteiger partial charge in [-0.1, -0.05) is 25.8 Å². The van der Waals surface area contributed by atoms with Crippen molar-refractivity contribution in [3.8, 4) is 0 Å². The minimum atomic E-state index is -0.464. The van der Waals surface area contributed by atoms with E-state index in [9.17, 15) is 9.18 Å². The predicted molar refractivity (Wildman–Crippen MR) is 83.5 cm³/mol. The number of aliphatic imine (C=N–C) groups is 1. The maximum absolute atomic E-state index is 13.1. The number of methoxy groups -OCH3 is 1. The number of carbonyl (C=O) groups is 1. The van der Waals surface area contributed by atoms with E-state index in [0.29, 0.717) is 13.2 Å². The lowest BCUT2D eigenvalue weighted by Gasteiger charge is -2.10. The van der Waals surface area contributed by atoms with E-state index in [1.807, 2.05) is 0 Å². The van der Waals surface area contributed by atoms with Crippen LogP contribution >= 0.6 is 0 Å². The fraction of sp³-hybridized carbons (Fsp3) is 0.500. The fourth-order valence-corrected chi connectivity index (χ4v) is 1.68. The van der Waals surface area contributed by atoms with Crippen LogP contribution in [0.2, 0.25) is 0 Å². The third-order valence-electron chi connectivity index (χ3n) is 2.85. The van der Waals surface area contributed by atoms with E-state index in [-0.39, 0.29) is 18.2 Å². The topological polar surface area (TPSA) is 59.9 Å². The number of hydrogen-bond donors (Lipinski definition) is 1. The van der Waals surface area contributed by atoms with Gasteiger partial charge in [-0.15, -0.1) is 0 Å². The largest absolute Gasteiger partial charge is 0.463 e. The Morgan fingerprint density at radius 3 is 2.82 bits per heavy atom. The minimum absolute atomic E-state index is 0.141. The molecule has 0 spiro atoms. The maximum atomic E-state index is 13.1. The molecule has 6 heteroatoms. The number of rotatable bonds is 8. The first kappa shape index (κ1) is 18.1. The number of nitrogens with one attached hydrogen (secondary N) is 1. The third-order valence-corrected chi connectivity index (χ3v) is 2.85. The molecule has 1 amide bonds. The molecule has 0 aliphatic rings. The average Bonchev–Trinajstić information content (AvgIpc) is 2.51. The summed E-state index contributed by atoms with van der Waals surface area (Å²) in [6.07, 6.45) is 3.07. The smallest absolute Gasteiger partial charge is 0.291 e. The second kappa shape index (κ2) is 10.7. The van der Waals surface area contributed by atoms with Gasteiger partial charge in [0.2, 0.25) is 0 Å². The van der Waals surface area contributed by atoms with Crippen LogP contribution in [0.3, 0.4) is 0 Å². The van der Waals surface area contributed by atoms with Crippen molar-refractivity contribution in [1.82, 2.24) is 5.32 Å². The van der Waals surface area contributed by atoms with Crippen LogP contribution < -0.4 is 5.32 Å². The van der Waals surface area contributed by atoms with Gasteiger partial charge in [-0.3, -0.25) is 10.1 Å². The molecule has 1 N–H and O–H groups in total. The Morgan fingerprint density at radius 1 is 1.32 bits per heavy atom. The zero-order valence-corrected chi connectivity index (χ0v) is 13.1. The van der Waals surface area contributed by atoms with Gasteiger partial charge in [0.25, 0.3) is 11.9 Å². The molecule has 0 heterocycles. The van der Waals surface area contributed by atoms with Gasteiger partial charge in [-0.2, -0.15) is 0 Å². The number of halogens is 1. The van der Waals surface area contributed by atoms with Gasteiger partial charge in [-0.25, -0.2) is 9.38 Å². The van der Waals surface area contributed by atoms with E-state index < -0.39 is 11.7 Å². The number of unbranched alkanes of at least 4 members (excludes halogenated alkanes) is 2. The summed E-state index contributed by atoms with van der Waals surface area (Å²) >= 11 is 0. The molecule has 5 nitrogen and oxygen atoms in total. The van der Waals surface area contributed by atoms with Crippen molar-refractivity contribution in [2.75, 3.05) is 26.9 Å². The van der Waals surface area contributed by atoms with Crippen LogP contribution in [0, 0.1) is 5.82 Å². The first-order valence-electron chi connectivity index (χ1n) is 7.40. The highest BCUT2D eigenvalue weighted by molar-refractivity contribution is 6.04. The summed E-state index contributed by atoms with van der Waals surface area (Å²) in [5, 5.41) is 2.56. The summed E-state index contributed by atoms with van der Waals surface area (Å²) < 4.78 is 23.4. The molecule has 1 aromatic carbocycles. The monoisotopic (exact) mass is 310 g/mol. The average molecular weight is 310 g/mol. The minimum Gasteiger partial charge on any atom is -0.463 e. The van der Waals surface area contributed by atoms with Crippen LogP contribution in [0.5, 0.6) is 0 Å². The van der Waals surface area contributed by atoms with Crippen LogP contribution in [0.25, 0.3) is 0 Å². The number of ether oxygens (including phenoxy) is 2. The van der Waals surface area contributed by atoms with Gasteiger partial charge < -0.3 is 9.47 Å². The highest BCUT2D eigenvalue weighted by Gasteiger charge is 2.10. The number of amides is 1. The zero-order chi connectivity index (χ0) is 16.2. The summed E-state index contributed by atoms with van der Waals surface area (Å²) in [4.78, 5) is 16.3. The normalized spacial score (nSPS) is 11.3. The lowest BCUT2D eigenvalue weighted by molar-refractivity contribution is 0.0953. The highest BCUT2D eigenvalue weighted by Crippen LogP contribution is 2.03. The molecule has 0 aromatic heterocycles. The van der Waals surface area contributed by atoms with E-state index in [4.69, 9.17) is 9.47 Å². The number of carbonyl (C=O) groups excluding carboxylic acids is 1. The first-order chi connectivity index (χ1) is 10.7. The lowest BCUT2D eigenvalue weighted by atomic mass is 10.2. The number of hydrogen-bond acceptors (Lipinski definition) is 4. The molecule has 0 bridgehead atoms. The van der Waals surface area contributed by atoms with Gasteiger partial charge in [0.1, 0.15) is 12.4 Å². The Bertz CT molecular complexity index is 492. The molecule has 22 heavy (non-hydrogen) atoms. The maximum Gasteiger partial charge on any atom is 0.291 e.